The molecule has 0 spiro atoms. The Bertz CT molecular complexity index is 781. The number of hydrogen-bond donors (Lipinski definition) is 1. The van der Waals surface area contributed by atoms with Gasteiger partial charge in [0.1, 0.15) is 5.75 Å². The molecule has 0 aromatic heterocycles. The number of carbonyl (C=O) groups excluding carboxylic acids is 1. The molecular weight excluding hydrogens is 318 g/mol. The van der Waals surface area contributed by atoms with E-state index in [2.05, 4.69) is 5.32 Å². The van der Waals surface area contributed by atoms with Gasteiger partial charge in [0.25, 0.3) is 0 Å². The number of carbonyl (C=O) groups is 1. The Hall–Kier alpha value is -2.95. The molecule has 1 amide bonds. The highest BCUT2D eigenvalue weighted by atomic mass is 16.7. The third-order valence-corrected chi connectivity index (χ3v) is 4.04. The molecule has 25 heavy (non-hydrogen) atoms. The van der Waals surface area contributed by atoms with E-state index >= 15 is 0 Å². The van der Waals surface area contributed by atoms with Crippen LogP contribution in [0, 0.1) is 0 Å². The summed E-state index contributed by atoms with van der Waals surface area (Å²) in [6.45, 7) is 2.75. The number of ether oxygens (including phenoxy) is 3. The van der Waals surface area contributed by atoms with Crippen molar-refractivity contribution in [1.82, 2.24) is 5.32 Å². The lowest BCUT2D eigenvalue weighted by Crippen LogP contribution is -2.23. The van der Waals surface area contributed by atoms with Crippen molar-refractivity contribution in [2.75, 3.05) is 20.4 Å². The van der Waals surface area contributed by atoms with E-state index in [9.17, 15) is 4.79 Å². The Balaban J connectivity index is 1.51. The number of rotatable bonds is 6. The highest BCUT2D eigenvalue weighted by Gasteiger charge is 2.13. The van der Waals surface area contributed by atoms with E-state index in [-0.39, 0.29) is 12.7 Å². The van der Waals surface area contributed by atoms with Crippen molar-refractivity contribution in [3.05, 3.63) is 59.7 Å². The molecule has 2 aromatic rings. The van der Waals surface area contributed by atoms with Gasteiger partial charge in [-0.05, 0) is 54.3 Å². The predicted molar refractivity (Wildman–Crippen MR) is 95.9 cm³/mol. The standard InChI is InChI=1S/C20H21NO4/c1-14(16-4-6-17(23-2)7-5-16)11-20(22)21-10-9-15-3-8-18-19(12-15)25-13-24-18/h3-8,11-12H,9-10,13H2,1-2H3,(H,21,22)/b14-11+. The average Bonchev–Trinajstić information content (AvgIpc) is 3.09. The normalized spacial score (nSPS) is 12.8. The van der Waals surface area contributed by atoms with Gasteiger partial charge in [-0.15, -0.1) is 0 Å². The molecule has 0 aliphatic carbocycles. The molecule has 0 unspecified atom stereocenters. The van der Waals surface area contributed by atoms with Gasteiger partial charge in [-0.2, -0.15) is 0 Å². The molecule has 1 aliphatic heterocycles. The van der Waals surface area contributed by atoms with Crippen LogP contribution in [0.3, 0.4) is 0 Å². The topological polar surface area (TPSA) is 56.8 Å². The Morgan fingerprint density at radius 3 is 2.68 bits per heavy atom. The minimum Gasteiger partial charge on any atom is -0.497 e. The van der Waals surface area contributed by atoms with Crippen LogP contribution >= 0.6 is 0 Å². The van der Waals surface area contributed by atoms with Gasteiger partial charge in [-0.1, -0.05) is 18.2 Å². The number of fused-ring (bicyclic) bond motifs is 1. The summed E-state index contributed by atoms with van der Waals surface area (Å²) in [5.74, 6) is 2.23. The fourth-order valence-corrected chi connectivity index (χ4v) is 2.61. The van der Waals surface area contributed by atoms with Gasteiger partial charge in [-0.25, -0.2) is 0 Å². The predicted octanol–water partition coefficient (Wildman–Crippen LogP) is 3.19. The molecule has 2 aromatic carbocycles. The van der Waals surface area contributed by atoms with Crippen LogP contribution in [0.2, 0.25) is 0 Å². The zero-order valence-corrected chi connectivity index (χ0v) is 14.4. The van der Waals surface area contributed by atoms with Crippen LogP contribution in [0.4, 0.5) is 0 Å². The first-order valence-corrected chi connectivity index (χ1v) is 8.15. The SMILES string of the molecule is COc1ccc(/C(C)=C/C(=O)NCCc2ccc3c(c2)OCO3)cc1. The minimum absolute atomic E-state index is 0.103. The van der Waals surface area contributed by atoms with Crippen LogP contribution < -0.4 is 19.5 Å². The number of nitrogens with one attached hydrogen (secondary N) is 1. The van der Waals surface area contributed by atoms with Gasteiger partial charge in [0, 0.05) is 12.6 Å². The van der Waals surface area contributed by atoms with E-state index in [1.807, 2.05) is 49.4 Å². The van der Waals surface area contributed by atoms with E-state index in [1.165, 1.54) is 0 Å². The molecule has 0 bridgehead atoms. The van der Waals surface area contributed by atoms with Gasteiger partial charge >= 0.3 is 0 Å². The molecule has 0 atom stereocenters. The van der Waals surface area contributed by atoms with Crippen molar-refractivity contribution in [1.29, 1.82) is 0 Å². The average molecular weight is 339 g/mol. The summed E-state index contributed by atoms with van der Waals surface area (Å²) in [7, 11) is 1.63. The number of hydrogen-bond acceptors (Lipinski definition) is 4. The molecule has 0 fully saturated rings. The summed E-state index contributed by atoms with van der Waals surface area (Å²) < 4.78 is 15.8. The van der Waals surface area contributed by atoms with Gasteiger partial charge in [0.05, 0.1) is 7.11 Å². The lowest BCUT2D eigenvalue weighted by molar-refractivity contribution is -0.116. The fraction of sp³-hybridized carbons (Fsp3) is 0.250. The molecule has 130 valence electrons. The van der Waals surface area contributed by atoms with Gasteiger partial charge in [0.15, 0.2) is 11.5 Å². The highest BCUT2D eigenvalue weighted by Crippen LogP contribution is 2.32. The summed E-state index contributed by atoms with van der Waals surface area (Å²) in [4.78, 5) is 12.1. The lowest BCUT2D eigenvalue weighted by atomic mass is 10.1. The highest BCUT2D eigenvalue weighted by molar-refractivity contribution is 5.94. The molecule has 0 saturated carbocycles. The van der Waals surface area contributed by atoms with E-state index in [0.717, 1.165) is 40.4 Å². The Labute approximate surface area is 147 Å². The second kappa shape index (κ2) is 7.75. The quantitative estimate of drug-likeness (QED) is 0.821. The summed E-state index contributed by atoms with van der Waals surface area (Å²) in [6, 6.07) is 13.5. The molecule has 5 nitrogen and oxygen atoms in total. The smallest absolute Gasteiger partial charge is 0.244 e. The van der Waals surface area contributed by atoms with Crippen LogP contribution in [0.1, 0.15) is 18.1 Å². The molecule has 1 heterocycles. The number of allylic oxidation sites excluding steroid dienone is 1. The van der Waals surface area contributed by atoms with Crippen molar-refractivity contribution < 1.29 is 19.0 Å². The summed E-state index contributed by atoms with van der Waals surface area (Å²) in [5.41, 5.74) is 3.00. The van der Waals surface area contributed by atoms with Crippen molar-refractivity contribution in [2.45, 2.75) is 13.3 Å². The van der Waals surface area contributed by atoms with Gasteiger partial charge in [0.2, 0.25) is 12.7 Å². The van der Waals surface area contributed by atoms with Crippen LogP contribution in [-0.2, 0) is 11.2 Å². The third kappa shape index (κ3) is 4.32. The maximum atomic E-state index is 12.1. The first-order chi connectivity index (χ1) is 12.2. The summed E-state index contributed by atoms with van der Waals surface area (Å²) in [6.07, 6.45) is 2.35. The molecule has 1 N–H and O–H groups in total. The number of methoxy groups -OCH3 is 1. The van der Waals surface area contributed by atoms with E-state index < -0.39 is 0 Å². The van der Waals surface area contributed by atoms with Crippen LogP contribution in [-0.4, -0.2) is 26.4 Å². The first kappa shape index (κ1) is 16.9. The van der Waals surface area contributed by atoms with E-state index in [4.69, 9.17) is 14.2 Å². The molecule has 3 rings (SSSR count). The third-order valence-electron chi connectivity index (χ3n) is 4.04. The second-order valence-corrected chi connectivity index (χ2v) is 5.78. The molecule has 0 saturated heterocycles. The lowest BCUT2D eigenvalue weighted by Gasteiger charge is -2.06. The van der Waals surface area contributed by atoms with Crippen molar-refractivity contribution in [2.24, 2.45) is 0 Å². The van der Waals surface area contributed by atoms with Crippen molar-refractivity contribution >= 4 is 11.5 Å². The Morgan fingerprint density at radius 1 is 1.16 bits per heavy atom. The summed E-state index contributed by atoms with van der Waals surface area (Å²) >= 11 is 0. The van der Waals surface area contributed by atoms with Crippen molar-refractivity contribution in [3.63, 3.8) is 0 Å². The van der Waals surface area contributed by atoms with Crippen molar-refractivity contribution in [3.8, 4) is 17.2 Å². The molecule has 1 aliphatic rings. The van der Waals surface area contributed by atoms with Gasteiger partial charge < -0.3 is 19.5 Å². The first-order valence-electron chi connectivity index (χ1n) is 8.15. The largest absolute Gasteiger partial charge is 0.497 e. The maximum Gasteiger partial charge on any atom is 0.244 e. The zero-order valence-electron chi connectivity index (χ0n) is 14.4. The fourth-order valence-electron chi connectivity index (χ4n) is 2.61. The molecule has 5 heteroatoms. The Morgan fingerprint density at radius 2 is 1.92 bits per heavy atom. The number of benzene rings is 2. The minimum atomic E-state index is -0.103. The molecular formula is C20H21NO4. The second-order valence-electron chi connectivity index (χ2n) is 5.78. The van der Waals surface area contributed by atoms with E-state index in [0.29, 0.717) is 6.54 Å². The van der Waals surface area contributed by atoms with Crippen LogP contribution in [0.5, 0.6) is 17.2 Å². The van der Waals surface area contributed by atoms with Crippen LogP contribution in [0.15, 0.2) is 48.5 Å². The maximum absolute atomic E-state index is 12.1. The Kier molecular flexibility index (Phi) is 5.23. The number of amides is 1. The monoisotopic (exact) mass is 339 g/mol. The van der Waals surface area contributed by atoms with Crippen LogP contribution in [0.25, 0.3) is 5.57 Å². The van der Waals surface area contributed by atoms with E-state index in [1.54, 1.807) is 13.2 Å². The zero-order chi connectivity index (χ0) is 17.6. The summed E-state index contributed by atoms with van der Waals surface area (Å²) in [5, 5.41) is 2.91. The van der Waals surface area contributed by atoms with Gasteiger partial charge in [-0.3, -0.25) is 4.79 Å². The molecule has 0 radical (unpaired) electrons.